The summed E-state index contributed by atoms with van der Waals surface area (Å²) in [5.74, 6) is -1.06. The molecule has 0 unspecified atom stereocenters. The molecule has 1 amide bonds. The molecule has 0 aliphatic carbocycles. The Balaban J connectivity index is 1.80. The molecule has 0 atom stereocenters. The number of rotatable bonds is 9. The van der Waals surface area contributed by atoms with Gasteiger partial charge in [-0.15, -0.1) is 0 Å². The summed E-state index contributed by atoms with van der Waals surface area (Å²) in [6.45, 7) is 7.32. The van der Waals surface area contributed by atoms with Gasteiger partial charge in [0.1, 0.15) is 11.5 Å². The van der Waals surface area contributed by atoms with Gasteiger partial charge in [0.2, 0.25) is 5.91 Å². The van der Waals surface area contributed by atoms with E-state index in [4.69, 9.17) is 14.2 Å². The Morgan fingerprint density at radius 2 is 1.75 bits per heavy atom. The lowest BCUT2D eigenvalue weighted by Gasteiger charge is -2.31. The van der Waals surface area contributed by atoms with Gasteiger partial charge >= 0.3 is 0 Å². The SMILES string of the molecule is CCOc1cc(N2CCOCC2)c(OCC)cc1NC(=O)CN(C)c1ccc(F)c(F)c1. The summed E-state index contributed by atoms with van der Waals surface area (Å²) in [4.78, 5) is 16.4. The third kappa shape index (κ3) is 5.79. The van der Waals surface area contributed by atoms with Gasteiger partial charge in [0.15, 0.2) is 11.6 Å². The van der Waals surface area contributed by atoms with Crippen molar-refractivity contribution in [1.82, 2.24) is 0 Å². The minimum atomic E-state index is -0.964. The van der Waals surface area contributed by atoms with Crippen LogP contribution < -0.4 is 24.6 Å². The quantitative estimate of drug-likeness (QED) is 0.630. The Labute approximate surface area is 186 Å². The van der Waals surface area contributed by atoms with Crippen LogP contribution in [0.1, 0.15) is 13.8 Å². The first-order valence-corrected chi connectivity index (χ1v) is 10.6. The lowest BCUT2D eigenvalue weighted by Crippen LogP contribution is -2.36. The van der Waals surface area contributed by atoms with E-state index >= 15 is 0 Å². The van der Waals surface area contributed by atoms with E-state index in [1.165, 1.54) is 11.0 Å². The summed E-state index contributed by atoms with van der Waals surface area (Å²) in [7, 11) is 1.63. The van der Waals surface area contributed by atoms with E-state index in [1.807, 2.05) is 19.9 Å². The highest BCUT2D eigenvalue weighted by molar-refractivity contribution is 5.96. The van der Waals surface area contributed by atoms with E-state index in [0.717, 1.165) is 30.9 Å². The van der Waals surface area contributed by atoms with Crippen LogP contribution in [0.2, 0.25) is 0 Å². The normalized spacial score (nSPS) is 13.6. The number of ether oxygens (including phenoxy) is 3. The highest BCUT2D eigenvalue weighted by Gasteiger charge is 2.21. The molecule has 0 radical (unpaired) electrons. The van der Waals surface area contributed by atoms with Gasteiger partial charge in [0.25, 0.3) is 0 Å². The monoisotopic (exact) mass is 449 g/mol. The first-order chi connectivity index (χ1) is 15.4. The first kappa shape index (κ1) is 23.6. The van der Waals surface area contributed by atoms with E-state index in [-0.39, 0.29) is 12.5 Å². The molecular formula is C23H29F2N3O4. The molecule has 0 saturated carbocycles. The van der Waals surface area contributed by atoms with Gasteiger partial charge in [0, 0.05) is 44.0 Å². The van der Waals surface area contributed by atoms with Crippen LogP contribution in [0, 0.1) is 11.6 Å². The van der Waals surface area contributed by atoms with Crippen molar-refractivity contribution in [3.05, 3.63) is 42.0 Å². The number of hydrogen-bond acceptors (Lipinski definition) is 6. The summed E-state index contributed by atoms with van der Waals surface area (Å²) >= 11 is 0. The van der Waals surface area contributed by atoms with E-state index in [1.54, 1.807) is 13.1 Å². The molecule has 32 heavy (non-hydrogen) atoms. The summed E-state index contributed by atoms with van der Waals surface area (Å²) in [6, 6.07) is 7.13. The van der Waals surface area contributed by atoms with Gasteiger partial charge in [-0.3, -0.25) is 4.79 Å². The molecule has 3 rings (SSSR count). The number of nitrogens with zero attached hydrogens (tertiary/aromatic N) is 2. The summed E-state index contributed by atoms with van der Waals surface area (Å²) in [5, 5.41) is 2.85. The molecule has 1 N–H and O–H groups in total. The maximum Gasteiger partial charge on any atom is 0.243 e. The summed E-state index contributed by atoms with van der Waals surface area (Å²) in [6.07, 6.45) is 0. The Morgan fingerprint density at radius 3 is 2.41 bits per heavy atom. The number of benzene rings is 2. The standard InChI is InChI=1S/C23H29F2N3O4/c1-4-31-21-14-20(28-8-10-30-11-9-28)22(32-5-2)13-19(21)26-23(29)15-27(3)16-6-7-17(24)18(25)12-16/h6-7,12-14H,4-5,8-11,15H2,1-3H3,(H,26,29). The highest BCUT2D eigenvalue weighted by atomic mass is 19.2. The number of nitrogens with one attached hydrogen (secondary N) is 1. The lowest BCUT2D eigenvalue weighted by molar-refractivity contribution is -0.114. The number of halogens is 2. The second-order valence-corrected chi connectivity index (χ2v) is 7.28. The van der Waals surface area contributed by atoms with Crippen LogP contribution in [0.25, 0.3) is 0 Å². The zero-order valence-electron chi connectivity index (χ0n) is 18.6. The minimum absolute atomic E-state index is 0.0637. The molecule has 1 fully saturated rings. The number of amides is 1. The molecule has 9 heteroatoms. The van der Waals surface area contributed by atoms with Crippen LogP contribution in [0.4, 0.5) is 25.8 Å². The first-order valence-electron chi connectivity index (χ1n) is 10.6. The van der Waals surface area contributed by atoms with E-state index in [0.29, 0.717) is 49.3 Å². The second-order valence-electron chi connectivity index (χ2n) is 7.28. The van der Waals surface area contributed by atoms with E-state index < -0.39 is 11.6 Å². The van der Waals surface area contributed by atoms with Gasteiger partial charge in [0.05, 0.1) is 44.3 Å². The van der Waals surface area contributed by atoms with Crippen molar-refractivity contribution in [2.24, 2.45) is 0 Å². The van der Waals surface area contributed by atoms with Gasteiger partial charge in [-0.1, -0.05) is 0 Å². The van der Waals surface area contributed by atoms with Crippen molar-refractivity contribution in [3.8, 4) is 11.5 Å². The molecular weight excluding hydrogens is 420 g/mol. The van der Waals surface area contributed by atoms with Gasteiger partial charge < -0.3 is 29.3 Å². The topological polar surface area (TPSA) is 63.3 Å². The van der Waals surface area contributed by atoms with Crippen molar-refractivity contribution >= 4 is 23.0 Å². The Kier molecular flexibility index (Phi) is 8.10. The number of likely N-dealkylation sites (N-methyl/N-ethyl adjacent to an activating group) is 1. The number of carbonyl (C=O) groups is 1. The van der Waals surface area contributed by atoms with Crippen LogP contribution >= 0.6 is 0 Å². The molecule has 1 aliphatic heterocycles. The number of morpholine rings is 1. The fourth-order valence-corrected chi connectivity index (χ4v) is 3.46. The zero-order valence-corrected chi connectivity index (χ0v) is 18.6. The van der Waals surface area contributed by atoms with Gasteiger partial charge in [-0.25, -0.2) is 8.78 Å². The fraction of sp³-hybridized carbons (Fsp3) is 0.435. The molecule has 1 saturated heterocycles. The minimum Gasteiger partial charge on any atom is -0.492 e. The van der Waals surface area contributed by atoms with Crippen molar-refractivity contribution in [2.75, 3.05) is 68.2 Å². The zero-order chi connectivity index (χ0) is 23.1. The Bertz CT molecular complexity index is 936. The van der Waals surface area contributed by atoms with Crippen molar-refractivity contribution in [3.63, 3.8) is 0 Å². The average molecular weight is 449 g/mol. The van der Waals surface area contributed by atoms with Crippen molar-refractivity contribution < 1.29 is 27.8 Å². The Hall–Kier alpha value is -3.07. The van der Waals surface area contributed by atoms with Gasteiger partial charge in [-0.2, -0.15) is 0 Å². The summed E-state index contributed by atoms with van der Waals surface area (Å²) < 4.78 is 43.8. The van der Waals surface area contributed by atoms with E-state index in [9.17, 15) is 13.6 Å². The number of carbonyl (C=O) groups excluding carboxylic acids is 1. The molecule has 0 aromatic heterocycles. The largest absolute Gasteiger partial charge is 0.492 e. The second kappa shape index (κ2) is 11.0. The molecule has 0 spiro atoms. The predicted molar refractivity (Wildman–Crippen MR) is 120 cm³/mol. The molecule has 2 aromatic carbocycles. The van der Waals surface area contributed by atoms with Crippen LogP contribution in [0.3, 0.4) is 0 Å². The van der Waals surface area contributed by atoms with E-state index in [2.05, 4.69) is 10.2 Å². The van der Waals surface area contributed by atoms with Crippen LogP contribution in [0.5, 0.6) is 11.5 Å². The predicted octanol–water partition coefficient (Wildman–Crippen LogP) is 3.67. The molecule has 174 valence electrons. The average Bonchev–Trinajstić information content (AvgIpc) is 2.78. The summed E-state index contributed by atoms with van der Waals surface area (Å²) in [5.41, 5.74) is 1.76. The maximum absolute atomic E-state index is 13.5. The molecule has 1 aliphatic rings. The smallest absolute Gasteiger partial charge is 0.243 e. The molecule has 0 bridgehead atoms. The third-order valence-corrected chi connectivity index (χ3v) is 5.01. The van der Waals surface area contributed by atoms with Gasteiger partial charge in [-0.05, 0) is 26.0 Å². The maximum atomic E-state index is 13.5. The Morgan fingerprint density at radius 1 is 1.06 bits per heavy atom. The number of hydrogen-bond donors (Lipinski definition) is 1. The molecule has 7 nitrogen and oxygen atoms in total. The highest BCUT2D eigenvalue weighted by Crippen LogP contribution is 2.39. The molecule has 2 aromatic rings. The third-order valence-electron chi connectivity index (χ3n) is 5.01. The number of anilines is 3. The van der Waals surface area contributed by atoms with Crippen LogP contribution in [-0.4, -0.2) is 59.0 Å². The fourth-order valence-electron chi connectivity index (χ4n) is 3.46. The van der Waals surface area contributed by atoms with Crippen molar-refractivity contribution in [1.29, 1.82) is 0 Å². The lowest BCUT2D eigenvalue weighted by atomic mass is 10.2. The molecule has 1 heterocycles. The van der Waals surface area contributed by atoms with Crippen LogP contribution in [0.15, 0.2) is 30.3 Å². The van der Waals surface area contributed by atoms with Crippen molar-refractivity contribution in [2.45, 2.75) is 13.8 Å². The van der Waals surface area contributed by atoms with Crippen LogP contribution in [-0.2, 0) is 9.53 Å².